The van der Waals surface area contributed by atoms with Gasteiger partial charge in [-0.3, -0.25) is 19.5 Å². The van der Waals surface area contributed by atoms with Gasteiger partial charge in [0.2, 0.25) is 0 Å². The summed E-state index contributed by atoms with van der Waals surface area (Å²) in [6.45, 7) is 6.44. The van der Waals surface area contributed by atoms with E-state index in [4.69, 9.17) is 4.74 Å². The third-order valence-electron chi connectivity index (χ3n) is 6.98. The lowest BCUT2D eigenvalue weighted by Crippen LogP contribution is -2.48. The molecule has 11 heteroatoms. The maximum absolute atomic E-state index is 13.0. The number of hydrogen-bond acceptors (Lipinski definition) is 8. The molecule has 0 radical (unpaired) electrons. The first kappa shape index (κ1) is 27.4. The lowest BCUT2D eigenvalue weighted by Gasteiger charge is -2.34. The number of aromatic nitrogens is 3. The molecule has 40 heavy (non-hydrogen) atoms. The standard InChI is InChI=1S/C29H30N6O4S/c1-3-32-16-18-33(19-17-32)28(36)22-10-8-21(9-11-22)20-40-29-31-30-27(25-6-4-5-7-26(25)35(37)38)34(29)23-12-14-24(39-2)15-13-23/h4-15H,3,16-20H2,1-2H3. The highest BCUT2D eigenvalue weighted by atomic mass is 32.2. The summed E-state index contributed by atoms with van der Waals surface area (Å²) >= 11 is 1.47. The van der Waals surface area contributed by atoms with E-state index in [0.717, 1.165) is 44.0 Å². The summed E-state index contributed by atoms with van der Waals surface area (Å²) in [6, 6.07) is 21.6. The van der Waals surface area contributed by atoms with Crippen molar-refractivity contribution in [3.63, 3.8) is 0 Å². The van der Waals surface area contributed by atoms with Gasteiger partial charge in [-0.2, -0.15) is 0 Å². The second-order valence-electron chi connectivity index (χ2n) is 9.33. The van der Waals surface area contributed by atoms with Crippen LogP contribution in [0.2, 0.25) is 0 Å². The molecule has 0 N–H and O–H groups in total. The van der Waals surface area contributed by atoms with E-state index in [-0.39, 0.29) is 11.6 Å². The Morgan fingerprint density at radius 1 is 0.975 bits per heavy atom. The number of amides is 1. The number of benzene rings is 3. The number of carbonyl (C=O) groups is 1. The number of carbonyl (C=O) groups excluding carboxylic acids is 1. The van der Waals surface area contributed by atoms with Gasteiger partial charge in [-0.25, -0.2) is 0 Å². The first-order chi connectivity index (χ1) is 19.5. The minimum Gasteiger partial charge on any atom is -0.497 e. The second kappa shape index (κ2) is 12.3. The summed E-state index contributed by atoms with van der Waals surface area (Å²) in [6.07, 6.45) is 0. The third-order valence-corrected chi connectivity index (χ3v) is 7.98. The van der Waals surface area contributed by atoms with Crippen molar-refractivity contribution < 1.29 is 14.5 Å². The van der Waals surface area contributed by atoms with E-state index in [0.29, 0.717) is 33.6 Å². The molecule has 0 unspecified atom stereocenters. The summed E-state index contributed by atoms with van der Waals surface area (Å²) in [4.78, 5) is 28.6. The van der Waals surface area contributed by atoms with Crippen LogP contribution in [0, 0.1) is 10.1 Å². The predicted octanol–water partition coefficient (Wildman–Crippen LogP) is 4.92. The number of nitro groups is 1. The van der Waals surface area contributed by atoms with Crippen molar-refractivity contribution in [3.8, 4) is 22.8 Å². The highest BCUT2D eigenvalue weighted by Crippen LogP contribution is 2.34. The molecule has 1 aliphatic heterocycles. The molecule has 4 aromatic rings. The Kier molecular flexibility index (Phi) is 8.42. The van der Waals surface area contributed by atoms with Crippen LogP contribution in [0.25, 0.3) is 17.1 Å². The van der Waals surface area contributed by atoms with Crippen LogP contribution in [0.15, 0.2) is 78.0 Å². The number of nitro benzene ring substituents is 1. The first-order valence-electron chi connectivity index (χ1n) is 13.1. The highest BCUT2D eigenvalue weighted by molar-refractivity contribution is 7.98. The maximum atomic E-state index is 13.0. The normalized spacial score (nSPS) is 13.8. The molecule has 5 rings (SSSR count). The zero-order valence-corrected chi connectivity index (χ0v) is 23.2. The number of likely N-dealkylation sites (N-methyl/N-ethyl adjacent to an activating group) is 1. The number of ether oxygens (including phenoxy) is 1. The van der Waals surface area contributed by atoms with E-state index in [1.54, 1.807) is 25.3 Å². The molecule has 10 nitrogen and oxygen atoms in total. The van der Waals surface area contributed by atoms with E-state index < -0.39 is 4.92 Å². The van der Waals surface area contributed by atoms with E-state index in [2.05, 4.69) is 22.0 Å². The monoisotopic (exact) mass is 558 g/mol. The Morgan fingerprint density at radius 3 is 2.33 bits per heavy atom. The Labute approximate surface area is 236 Å². The Hall–Kier alpha value is -4.22. The van der Waals surface area contributed by atoms with Gasteiger partial charge >= 0.3 is 0 Å². The Bertz CT molecular complexity index is 1480. The van der Waals surface area contributed by atoms with E-state index in [9.17, 15) is 14.9 Å². The number of hydrogen-bond donors (Lipinski definition) is 0. The number of rotatable bonds is 9. The fraction of sp³-hybridized carbons (Fsp3) is 0.276. The van der Waals surface area contributed by atoms with Gasteiger partial charge in [0.15, 0.2) is 11.0 Å². The van der Waals surface area contributed by atoms with Gasteiger partial charge in [0.05, 0.1) is 23.3 Å². The van der Waals surface area contributed by atoms with Gasteiger partial charge in [0.25, 0.3) is 11.6 Å². The average Bonchev–Trinajstić information content (AvgIpc) is 3.43. The van der Waals surface area contributed by atoms with Gasteiger partial charge in [0, 0.05) is 43.6 Å². The molecule has 1 saturated heterocycles. The van der Waals surface area contributed by atoms with Crippen molar-refractivity contribution in [3.05, 3.63) is 94.0 Å². The summed E-state index contributed by atoms with van der Waals surface area (Å²) in [5, 5.41) is 21.1. The predicted molar refractivity (Wildman–Crippen MR) is 154 cm³/mol. The SMILES string of the molecule is CCN1CCN(C(=O)c2ccc(CSc3nnc(-c4ccccc4[N+](=O)[O-])n3-c3ccc(OC)cc3)cc2)CC1. The third kappa shape index (κ3) is 5.85. The van der Waals surface area contributed by atoms with Gasteiger partial charge < -0.3 is 14.5 Å². The topological polar surface area (TPSA) is 107 Å². The van der Waals surface area contributed by atoms with Crippen LogP contribution in [0.4, 0.5) is 5.69 Å². The lowest BCUT2D eigenvalue weighted by atomic mass is 10.1. The fourth-order valence-electron chi connectivity index (χ4n) is 4.67. The van der Waals surface area contributed by atoms with Crippen LogP contribution >= 0.6 is 11.8 Å². The van der Waals surface area contributed by atoms with E-state index in [1.807, 2.05) is 58.0 Å². The van der Waals surface area contributed by atoms with Gasteiger partial charge in [-0.15, -0.1) is 10.2 Å². The van der Waals surface area contributed by atoms with Crippen LogP contribution < -0.4 is 4.74 Å². The van der Waals surface area contributed by atoms with Crippen molar-refractivity contribution in [2.24, 2.45) is 0 Å². The Balaban J connectivity index is 1.37. The van der Waals surface area contributed by atoms with Crippen LogP contribution in [0.3, 0.4) is 0 Å². The molecule has 1 aromatic heterocycles. The number of piperazine rings is 1. The molecule has 0 aliphatic carbocycles. The molecule has 2 heterocycles. The molecule has 206 valence electrons. The molecule has 0 saturated carbocycles. The van der Waals surface area contributed by atoms with E-state index in [1.165, 1.54) is 17.8 Å². The summed E-state index contributed by atoms with van der Waals surface area (Å²) in [5.41, 5.74) is 2.79. The van der Waals surface area contributed by atoms with Crippen molar-refractivity contribution in [1.29, 1.82) is 0 Å². The largest absolute Gasteiger partial charge is 0.497 e. The van der Waals surface area contributed by atoms with Crippen molar-refractivity contribution in [1.82, 2.24) is 24.6 Å². The van der Waals surface area contributed by atoms with Crippen LogP contribution in [0.1, 0.15) is 22.8 Å². The first-order valence-corrected chi connectivity index (χ1v) is 14.0. The molecule has 3 aromatic carbocycles. The molecule has 0 atom stereocenters. The maximum Gasteiger partial charge on any atom is 0.280 e. The zero-order chi connectivity index (χ0) is 28.1. The molecule has 1 fully saturated rings. The quantitative estimate of drug-likeness (QED) is 0.162. The minimum atomic E-state index is -0.415. The zero-order valence-electron chi connectivity index (χ0n) is 22.4. The molecule has 0 spiro atoms. The molecule has 0 bridgehead atoms. The van der Waals surface area contributed by atoms with Gasteiger partial charge in [-0.1, -0.05) is 43.0 Å². The second-order valence-corrected chi connectivity index (χ2v) is 10.3. The smallest absolute Gasteiger partial charge is 0.280 e. The Morgan fingerprint density at radius 2 is 1.68 bits per heavy atom. The van der Waals surface area contributed by atoms with Crippen molar-refractivity contribution >= 4 is 23.4 Å². The lowest BCUT2D eigenvalue weighted by molar-refractivity contribution is -0.384. The van der Waals surface area contributed by atoms with Crippen LogP contribution in [-0.4, -0.2) is 75.2 Å². The summed E-state index contributed by atoms with van der Waals surface area (Å²) in [7, 11) is 1.60. The molecule has 1 aliphatic rings. The van der Waals surface area contributed by atoms with E-state index >= 15 is 0 Å². The van der Waals surface area contributed by atoms with Gasteiger partial charge in [-0.05, 0) is 54.6 Å². The van der Waals surface area contributed by atoms with Crippen LogP contribution in [0.5, 0.6) is 5.75 Å². The van der Waals surface area contributed by atoms with Gasteiger partial charge in [0.1, 0.15) is 5.75 Å². The average molecular weight is 559 g/mol. The summed E-state index contributed by atoms with van der Waals surface area (Å²) < 4.78 is 7.12. The fourth-order valence-corrected chi connectivity index (χ4v) is 5.57. The van der Waals surface area contributed by atoms with Crippen molar-refractivity contribution in [2.75, 3.05) is 39.8 Å². The van der Waals surface area contributed by atoms with Crippen LogP contribution in [-0.2, 0) is 5.75 Å². The highest BCUT2D eigenvalue weighted by Gasteiger charge is 2.24. The number of thioether (sulfide) groups is 1. The number of methoxy groups -OCH3 is 1. The summed E-state index contributed by atoms with van der Waals surface area (Å²) in [5.74, 6) is 1.71. The minimum absolute atomic E-state index is 0.0439. The van der Waals surface area contributed by atoms with Crippen molar-refractivity contribution in [2.45, 2.75) is 17.8 Å². The number of nitrogens with zero attached hydrogens (tertiary/aromatic N) is 6. The molecular formula is C29H30N6O4S. The molecule has 1 amide bonds. The number of para-hydroxylation sites is 1. The molecular weight excluding hydrogens is 528 g/mol.